The predicted molar refractivity (Wildman–Crippen MR) is 67.0 cm³/mol. The number of carboxylic acids is 1. The summed E-state index contributed by atoms with van der Waals surface area (Å²) in [4.78, 5) is 24.5. The molecule has 0 aliphatic carbocycles. The molecule has 1 unspecified atom stereocenters. The van der Waals surface area contributed by atoms with Crippen LogP contribution >= 0.6 is 0 Å². The third-order valence-corrected chi connectivity index (χ3v) is 3.72. The Morgan fingerprint density at radius 1 is 1.40 bits per heavy atom. The van der Waals surface area contributed by atoms with Gasteiger partial charge in [-0.25, -0.2) is 8.78 Å². The second kappa shape index (κ2) is 5.19. The molecule has 1 saturated heterocycles. The van der Waals surface area contributed by atoms with Crippen molar-refractivity contribution < 1.29 is 23.5 Å². The molecule has 20 heavy (non-hydrogen) atoms. The minimum Gasteiger partial charge on any atom is -0.481 e. The molecule has 1 amide bonds. The Balaban J connectivity index is 2.07. The minimum absolute atomic E-state index is 0.0149. The molecule has 1 heterocycles. The maximum absolute atomic E-state index is 13.5. The van der Waals surface area contributed by atoms with E-state index in [9.17, 15) is 18.4 Å². The van der Waals surface area contributed by atoms with Crippen LogP contribution in [0.3, 0.4) is 0 Å². The zero-order valence-corrected chi connectivity index (χ0v) is 11.0. The van der Waals surface area contributed by atoms with Crippen LogP contribution < -0.4 is 0 Å². The molecule has 1 atom stereocenters. The monoisotopic (exact) mass is 283 g/mol. The molecule has 0 saturated carbocycles. The van der Waals surface area contributed by atoms with Gasteiger partial charge in [0, 0.05) is 18.7 Å². The van der Waals surface area contributed by atoms with Crippen molar-refractivity contribution >= 4 is 11.9 Å². The fourth-order valence-electron chi connectivity index (χ4n) is 2.31. The van der Waals surface area contributed by atoms with Gasteiger partial charge in [-0.15, -0.1) is 0 Å². The van der Waals surface area contributed by atoms with Crippen molar-refractivity contribution in [2.45, 2.75) is 19.8 Å². The maximum atomic E-state index is 13.5. The summed E-state index contributed by atoms with van der Waals surface area (Å²) in [7, 11) is 0. The second-order valence-corrected chi connectivity index (χ2v) is 5.32. The van der Waals surface area contributed by atoms with E-state index in [0.717, 1.165) is 6.07 Å². The Labute approximate surface area is 115 Å². The fourth-order valence-corrected chi connectivity index (χ4v) is 2.31. The largest absolute Gasteiger partial charge is 0.481 e. The van der Waals surface area contributed by atoms with Gasteiger partial charge in [-0.2, -0.15) is 0 Å². The van der Waals surface area contributed by atoms with Crippen molar-refractivity contribution in [3.8, 4) is 0 Å². The summed E-state index contributed by atoms with van der Waals surface area (Å²) in [6.07, 6.45) is 0.0962. The van der Waals surface area contributed by atoms with Crippen LogP contribution in [-0.2, 0) is 16.0 Å². The van der Waals surface area contributed by atoms with E-state index < -0.39 is 23.0 Å². The molecule has 4 nitrogen and oxygen atoms in total. The molecular weight excluding hydrogens is 268 g/mol. The van der Waals surface area contributed by atoms with Crippen molar-refractivity contribution in [2.24, 2.45) is 5.41 Å². The third kappa shape index (κ3) is 2.64. The Kier molecular flexibility index (Phi) is 3.74. The maximum Gasteiger partial charge on any atom is 0.311 e. The van der Waals surface area contributed by atoms with Crippen LogP contribution in [0, 0.1) is 17.0 Å². The third-order valence-electron chi connectivity index (χ3n) is 3.72. The van der Waals surface area contributed by atoms with Crippen molar-refractivity contribution in [1.82, 2.24) is 4.90 Å². The molecule has 1 N–H and O–H groups in total. The van der Waals surface area contributed by atoms with Crippen LogP contribution in [0.25, 0.3) is 0 Å². The molecule has 108 valence electrons. The highest BCUT2D eigenvalue weighted by Gasteiger charge is 2.42. The van der Waals surface area contributed by atoms with Gasteiger partial charge in [-0.3, -0.25) is 9.59 Å². The summed E-state index contributed by atoms with van der Waals surface area (Å²) in [5.41, 5.74) is -0.977. The molecule has 1 aromatic rings. The van der Waals surface area contributed by atoms with Crippen molar-refractivity contribution in [3.05, 3.63) is 35.4 Å². The molecule has 1 aliphatic heterocycles. The van der Waals surface area contributed by atoms with Gasteiger partial charge in [-0.05, 0) is 19.4 Å². The number of hydrogen-bond acceptors (Lipinski definition) is 2. The van der Waals surface area contributed by atoms with Gasteiger partial charge >= 0.3 is 5.97 Å². The first kappa shape index (κ1) is 14.4. The number of carboxylic acid groups (broad SMARTS) is 1. The number of likely N-dealkylation sites (tertiary alicyclic amines) is 1. The van der Waals surface area contributed by atoms with E-state index in [1.54, 1.807) is 6.92 Å². The molecular formula is C14H15F2NO3. The summed E-state index contributed by atoms with van der Waals surface area (Å²) in [6, 6.07) is 3.68. The van der Waals surface area contributed by atoms with Crippen LogP contribution in [0.5, 0.6) is 0 Å². The summed E-state index contributed by atoms with van der Waals surface area (Å²) >= 11 is 0. The first-order chi connectivity index (χ1) is 9.33. The van der Waals surface area contributed by atoms with Crippen LogP contribution in [0.1, 0.15) is 18.9 Å². The first-order valence-corrected chi connectivity index (χ1v) is 6.27. The van der Waals surface area contributed by atoms with Gasteiger partial charge in [0.2, 0.25) is 5.91 Å². The molecule has 2 rings (SSSR count). The standard InChI is InChI=1S/C14H15F2NO3/c1-14(13(19)20)5-6-17(8-14)11(18)7-9-3-2-4-10(15)12(9)16/h2-4H,5-8H2,1H3,(H,19,20). The molecule has 0 aromatic heterocycles. The highest BCUT2D eigenvalue weighted by molar-refractivity contribution is 5.82. The number of amides is 1. The average Bonchev–Trinajstić information content (AvgIpc) is 2.79. The lowest BCUT2D eigenvalue weighted by molar-refractivity contribution is -0.147. The van der Waals surface area contributed by atoms with E-state index in [1.165, 1.54) is 17.0 Å². The highest BCUT2D eigenvalue weighted by Crippen LogP contribution is 2.30. The SMILES string of the molecule is CC1(C(=O)O)CCN(C(=O)Cc2cccc(F)c2F)C1. The zero-order valence-electron chi connectivity index (χ0n) is 11.0. The lowest BCUT2D eigenvalue weighted by atomic mass is 9.90. The molecule has 1 aliphatic rings. The molecule has 0 radical (unpaired) electrons. The lowest BCUT2D eigenvalue weighted by Crippen LogP contribution is -2.35. The Morgan fingerprint density at radius 2 is 2.10 bits per heavy atom. The van der Waals surface area contributed by atoms with Gasteiger partial charge < -0.3 is 10.0 Å². The quantitative estimate of drug-likeness (QED) is 0.920. The molecule has 0 bridgehead atoms. The number of benzene rings is 1. The second-order valence-electron chi connectivity index (χ2n) is 5.32. The van der Waals surface area contributed by atoms with Crippen molar-refractivity contribution in [2.75, 3.05) is 13.1 Å². The topological polar surface area (TPSA) is 57.6 Å². The predicted octanol–water partition coefficient (Wildman–Crippen LogP) is 1.83. The van der Waals surface area contributed by atoms with Crippen LogP contribution in [0.4, 0.5) is 8.78 Å². The fraction of sp³-hybridized carbons (Fsp3) is 0.429. The van der Waals surface area contributed by atoms with Gasteiger partial charge in [-0.1, -0.05) is 12.1 Å². The summed E-state index contributed by atoms with van der Waals surface area (Å²) in [6.45, 7) is 1.99. The minimum atomic E-state index is -1.03. The zero-order chi connectivity index (χ0) is 14.9. The van der Waals surface area contributed by atoms with Gasteiger partial charge in [0.15, 0.2) is 11.6 Å². The number of carbonyl (C=O) groups is 2. The van der Waals surface area contributed by atoms with Gasteiger partial charge in [0.05, 0.1) is 11.8 Å². The molecule has 6 heteroatoms. The van der Waals surface area contributed by atoms with E-state index in [-0.39, 0.29) is 24.4 Å². The van der Waals surface area contributed by atoms with E-state index >= 15 is 0 Å². The van der Waals surface area contributed by atoms with E-state index in [4.69, 9.17) is 5.11 Å². The first-order valence-electron chi connectivity index (χ1n) is 6.27. The summed E-state index contributed by atoms with van der Waals surface area (Å²) < 4.78 is 26.5. The van der Waals surface area contributed by atoms with Crippen molar-refractivity contribution in [1.29, 1.82) is 0 Å². The smallest absolute Gasteiger partial charge is 0.311 e. The highest BCUT2D eigenvalue weighted by atomic mass is 19.2. The van der Waals surface area contributed by atoms with Gasteiger partial charge in [0.25, 0.3) is 0 Å². The molecule has 0 spiro atoms. The van der Waals surface area contributed by atoms with Gasteiger partial charge in [0.1, 0.15) is 0 Å². The Morgan fingerprint density at radius 3 is 2.70 bits per heavy atom. The lowest BCUT2D eigenvalue weighted by Gasteiger charge is -2.20. The average molecular weight is 283 g/mol. The van der Waals surface area contributed by atoms with Crippen LogP contribution in [-0.4, -0.2) is 35.0 Å². The van der Waals surface area contributed by atoms with Crippen molar-refractivity contribution in [3.63, 3.8) is 0 Å². The molecule has 1 aromatic carbocycles. The number of nitrogens with zero attached hydrogens (tertiary/aromatic N) is 1. The number of rotatable bonds is 3. The normalized spacial score (nSPS) is 22.1. The number of hydrogen-bond donors (Lipinski definition) is 1. The molecule has 1 fully saturated rings. The number of halogens is 2. The Hall–Kier alpha value is -1.98. The van der Waals surface area contributed by atoms with E-state index in [2.05, 4.69) is 0 Å². The number of aliphatic carboxylic acids is 1. The summed E-state index contributed by atoms with van der Waals surface area (Å²) in [5.74, 6) is -3.36. The Bertz CT molecular complexity index is 561. The van der Waals surface area contributed by atoms with E-state index in [1.807, 2.05) is 0 Å². The number of carbonyl (C=O) groups excluding carboxylic acids is 1. The van der Waals surface area contributed by atoms with E-state index in [0.29, 0.717) is 13.0 Å². The van der Waals surface area contributed by atoms with Crippen LogP contribution in [0.15, 0.2) is 18.2 Å². The van der Waals surface area contributed by atoms with Crippen LogP contribution in [0.2, 0.25) is 0 Å². The summed E-state index contributed by atoms with van der Waals surface area (Å²) in [5, 5.41) is 9.09.